The molecule has 1 N–H and O–H groups in total. The standard InChI is InChI=1S/C27H29ClF3N3O7S/c1-34(18-19-7-4-3-5-8-19)42(36,37)33-26(35)40-12-6-9-20-10-11-22(39-14-13-38-2)16-24(20)41-25-23(28)15-21(17-32-25)27(29,30)31/h3-5,7-8,10-11,15-17H,6,9,12-14,18H2,1-2H3,(H,33,35). The zero-order valence-electron chi connectivity index (χ0n) is 22.7. The van der Waals surface area contributed by atoms with Crippen molar-refractivity contribution in [2.45, 2.75) is 25.6 Å². The van der Waals surface area contributed by atoms with E-state index < -0.39 is 28.0 Å². The molecule has 0 bridgehead atoms. The van der Waals surface area contributed by atoms with Crippen LogP contribution in [0.2, 0.25) is 5.02 Å². The van der Waals surface area contributed by atoms with Crippen LogP contribution in [-0.2, 0) is 38.8 Å². The summed E-state index contributed by atoms with van der Waals surface area (Å²) in [5, 5.41) is -0.347. The van der Waals surface area contributed by atoms with Gasteiger partial charge in [0, 0.05) is 33.0 Å². The zero-order chi connectivity index (χ0) is 30.8. The first-order chi connectivity index (χ1) is 19.9. The van der Waals surface area contributed by atoms with Gasteiger partial charge in [0.25, 0.3) is 0 Å². The first kappa shape index (κ1) is 32.9. The summed E-state index contributed by atoms with van der Waals surface area (Å²) in [7, 11) is -1.31. The Bertz CT molecular complexity index is 1440. The lowest BCUT2D eigenvalue weighted by Crippen LogP contribution is -2.41. The average molecular weight is 632 g/mol. The van der Waals surface area contributed by atoms with E-state index in [1.165, 1.54) is 20.2 Å². The van der Waals surface area contributed by atoms with Gasteiger partial charge in [-0.15, -0.1) is 0 Å². The number of pyridine rings is 1. The van der Waals surface area contributed by atoms with Crippen molar-refractivity contribution < 1.29 is 45.3 Å². The van der Waals surface area contributed by atoms with Gasteiger partial charge in [0.05, 0.1) is 18.8 Å². The molecule has 0 aliphatic rings. The van der Waals surface area contributed by atoms with Crippen LogP contribution >= 0.6 is 11.6 Å². The maximum absolute atomic E-state index is 13.0. The van der Waals surface area contributed by atoms with Crippen molar-refractivity contribution in [3.8, 4) is 17.4 Å². The van der Waals surface area contributed by atoms with Crippen LogP contribution in [0, 0.1) is 0 Å². The topological polar surface area (TPSA) is 116 Å². The van der Waals surface area contributed by atoms with Crippen molar-refractivity contribution >= 4 is 27.9 Å². The summed E-state index contributed by atoms with van der Waals surface area (Å²) in [4.78, 5) is 15.9. The van der Waals surface area contributed by atoms with Gasteiger partial charge in [-0.05, 0) is 36.1 Å². The van der Waals surface area contributed by atoms with Gasteiger partial charge in [0.1, 0.15) is 23.1 Å². The summed E-state index contributed by atoms with van der Waals surface area (Å²) in [6.07, 6.45) is -4.63. The number of carbonyl (C=O) groups is 1. The third-order valence-electron chi connectivity index (χ3n) is 5.63. The summed E-state index contributed by atoms with van der Waals surface area (Å²) >= 11 is 6.01. The summed E-state index contributed by atoms with van der Waals surface area (Å²) < 4.78 is 88.0. The minimum atomic E-state index is -4.63. The lowest BCUT2D eigenvalue weighted by molar-refractivity contribution is -0.137. The van der Waals surface area contributed by atoms with Crippen LogP contribution in [-0.4, -0.2) is 57.8 Å². The van der Waals surface area contributed by atoms with E-state index in [1.54, 1.807) is 42.5 Å². The molecule has 0 aliphatic heterocycles. The predicted octanol–water partition coefficient (Wildman–Crippen LogP) is 5.61. The number of alkyl halides is 3. The molecular weight excluding hydrogens is 603 g/mol. The van der Waals surface area contributed by atoms with E-state index in [0.29, 0.717) is 30.2 Å². The number of ether oxygens (including phenoxy) is 4. The normalized spacial score (nSPS) is 11.8. The van der Waals surface area contributed by atoms with Crippen LogP contribution in [0.25, 0.3) is 0 Å². The van der Waals surface area contributed by atoms with Gasteiger partial charge in [-0.25, -0.2) is 14.5 Å². The summed E-state index contributed by atoms with van der Waals surface area (Å²) in [6, 6.07) is 14.4. The molecule has 3 rings (SSSR count). The van der Waals surface area contributed by atoms with Crippen LogP contribution in [0.4, 0.5) is 18.0 Å². The number of hydrogen-bond acceptors (Lipinski definition) is 8. The Balaban J connectivity index is 1.62. The first-order valence-corrected chi connectivity index (χ1v) is 14.3. The Morgan fingerprint density at radius 2 is 1.81 bits per heavy atom. The Labute approximate surface area is 246 Å². The van der Waals surface area contributed by atoms with E-state index in [-0.39, 0.29) is 49.3 Å². The quantitative estimate of drug-likeness (QED) is 0.228. The van der Waals surface area contributed by atoms with Gasteiger partial charge >= 0.3 is 22.5 Å². The predicted molar refractivity (Wildman–Crippen MR) is 148 cm³/mol. The monoisotopic (exact) mass is 631 g/mol. The van der Waals surface area contributed by atoms with E-state index in [4.69, 9.17) is 30.5 Å². The number of carbonyl (C=O) groups excluding carboxylic acids is 1. The van der Waals surface area contributed by atoms with Crippen LogP contribution < -0.4 is 14.2 Å². The molecule has 10 nitrogen and oxygen atoms in total. The second-order valence-electron chi connectivity index (χ2n) is 8.81. The third-order valence-corrected chi connectivity index (χ3v) is 7.28. The molecule has 0 atom stereocenters. The Hall–Kier alpha value is -3.59. The molecule has 3 aromatic rings. The number of aryl methyl sites for hydroxylation is 1. The van der Waals surface area contributed by atoms with Crippen molar-refractivity contribution in [3.63, 3.8) is 0 Å². The van der Waals surface area contributed by atoms with Crippen LogP contribution in [0.15, 0.2) is 60.8 Å². The lowest BCUT2D eigenvalue weighted by atomic mass is 10.1. The van der Waals surface area contributed by atoms with Crippen LogP contribution in [0.1, 0.15) is 23.1 Å². The van der Waals surface area contributed by atoms with Gasteiger partial charge in [-0.1, -0.05) is 48.0 Å². The number of rotatable bonds is 14. The average Bonchev–Trinajstić information content (AvgIpc) is 2.93. The van der Waals surface area contributed by atoms with E-state index in [9.17, 15) is 26.4 Å². The molecule has 0 spiro atoms. The van der Waals surface area contributed by atoms with Gasteiger partial charge in [0.15, 0.2) is 0 Å². The number of halogens is 4. The van der Waals surface area contributed by atoms with Crippen molar-refractivity contribution in [3.05, 3.63) is 82.5 Å². The molecule has 1 aromatic heterocycles. The highest BCUT2D eigenvalue weighted by Crippen LogP contribution is 2.36. The van der Waals surface area contributed by atoms with E-state index in [1.807, 2.05) is 4.72 Å². The van der Waals surface area contributed by atoms with Gasteiger partial charge < -0.3 is 18.9 Å². The van der Waals surface area contributed by atoms with Crippen molar-refractivity contribution in [1.29, 1.82) is 0 Å². The smallest absolute Gasteiger partial charge is 0.421 e. The summed E-state index contributed by atoms with van der Waals surface area (Å²) in [6.45, 7) is 0.464. The largest absolute Gasteiger partial charge is 0.491 e. The molecule has 2 aromatic carbocycles. The number of hydrogen-bond donors (Lipinski definition) is 1. The highest BCUT2D eigenvalue weighted by atomic mass is 35.5. The summed E-state index contributed by atoms with van der Waals surface area (Å²) in [5.41, 5.74) is 0.283. The molecule has 0 fully saturated rings. The Kier molecular flexibility index (Phi) is 11.8. The molecule has 228 valence electrons. The molecule has 1 amide bonds. The number of amides is 1. The zero-order valence-corrected chi connectivity index (χ0v) is 24.3. The Morgan fingerprint density at radius 1 is 1.07 bits per heavy atom. The molecule has 0 radical (unpaired) electrons. The molecular formula is C27H29ClF3N3O7S. The fourth-order valence-electron chi connectivity index (χ4n) is 3.49. The molecule has 42 heavy (non-hydrogen) atoms. The van der Waals surface area contributed by atoms with Gasteiger partial charge in [0.2, 0.25) is 5.88 Å². The minimum Gasteiger partial charge on any atom is -0.491 e. The highest BCUT2D eigenvalue weighted by molar-refractivity contribution is 7.87. The van der Waals surface area contributed by atoms with E-state index in [2.05, 4.69) is 4.98 Å². The van der Waals surface area contributed by atoms with Crippen molar-refractivity contribution in [2.24, 2.45) is 0 Å². The minimum absolute atomic E-state index is 0.0508. The molecule has 1 heterocycles. The SMILES string of the molecule is COCCOc1ccc(CCCOC(=O)NS(=O)(=O)N(C)Cc2ccccc2)c(Oc2ncc(C(F)(F)F)cc2Cl)c1. The number of aromatic nitrogens is 1. The van der Waals surface area contributed by atoms with Crippen LogP contribution in [0.5, 0.6) is 17.4 Å². The lowest BCUT2D eigenvalue weighted by Gasteiger charge is -2.17. The molecule has 0 unspecified atom stereocenters. The van der Waals surface area contributed by atoms with Gasteiger partial charge in [-0.2, -0.15) is 25.9 Å². The molecule has 0 saturated heterocycles. The molecule has 0 saturated carbocycles. The Morgan fingerprint density at radius 3 is 2.48 bits per heavy atom. The first-order valence-electron chi connectivity index (χ1n) is 12.5. The van der Waals surface area contributed by atoms with Gasteiger partial charge in [-0.3, -0.25) is 0 Å². The van der Waals surface area contributed by atoms with Crippen molar-refractivity contribution in [2.75, 3.05) is 34.0 Å². The fourth-order valence-corrected chi connectivity index (χ4v) is 4.44. The van der Waals surface area contributed by atoms with Crippen molar-refractivity contribution in [1.82, 2.24) is 14.0 Å². The maximum atomic E-state index is 13.0. The third kappa shape index (κ3) is 10.0. The van der Waals surface area contributed by atoms with Crippen LogP contribution in [0.3, 0.4) is 0 Å². The maximum Gasteiger partial charge on any atom is 0.421 e. The second kappa shape index (κ2) is 15.0. The van der Waals surface area contributed by atoms with E-state index in [0.717, 1.165) is 9.87 Å². The fraction of sp³-hybridized carbons (Fsp3) is 0.333. The second-order valence-corrected chi connectivity index (χ2v) is 11.0. The molecule has 15 heteroatoms. The highest BCUT2D eigenvalue weighted by Gasteiger charge is 2.32. The number of nitrogens with zero attached hydrogens (tertiary/aromatic N) is 2. The summed E-state index contributed by atoms with van der Waals surface area (Å²) in [5.74, 6) is 0.350. The van der Waals surface area contributed by atoms with E-state index >= 15 is 0 Å². The number of benzene rings is 2. The molecule has 0 aliphatic carbocycles. The number of nitrogens with one attached hydrogen (secondary N) is 1. The number of methoxy groups -OCH3 is 1.